The van der Waals surface area contributed by atoms with E-state index in [1.807, 2.05) is 0 Å². The van der Waals surface area contributed by atoms with Crippen molar-refractivity contribution in [3.8, 4) is 0 Å². The molecule has 0 aromatic rings. The molecule has 104 valence electrons. The smallest absolute Gasteiger partial charge is 0.0124 e. The highest BCUT2D eigenvalue weighted by Crippen LogP contribution is 2.37. The monoisotopic (exact) mass is 250 g/mol. The van der Waals surface area contributed by atoms with Gasteiger partial charge in [0, 0.05) is 18.6 Å². The van der Waals surface area contributed by atoms with E-state index in [9.17, 15) is 0 Å². The van der Waals surface area contributed by atoms with E-state index < -0.39 is 0 Å². The van der Waals surface area contributed by atoms with Crippen molar-refractivity contribution >= 4 is 0 Å². The molecular weight excluding hydrogens is 220 g/mol. The molecule has 2 heteroatoms. The van der Waals surface area contributed by atoms with Crippen LogP contribution in [-0.2, 0) is 0 Å². The lowest BCUT2D eigenvalue weighted by molar-refractivity contribution is 0.0814. The van der Waals surface area contributed by atoms with Crippen molar-refractivity contribution in [2.24, 2.45) is 11.8 Å². The summed E-state index contributed by atoms with van der Waals surface area (Å²) in [6, 6.07) is 1.87. The van der Waals surface area contributed by atoms with Crippen molar-refractivity contribution in [2.75, 3.05) is 19.6 Å². The summed E-state index contributed by atoms with van der Waals surface area (Å²) in [5.41, 5.74) is 0. The fraction of sp³-hybridized carbons (Fsp3) is 1.00. The second-order valence-electron chi connectivity index (χ2n) is 6.97. The van der Waals surface area contributed by atoms with Gasteiger partial charge in [0.05, 0.1) is 0 Å². The van der Waals surface area contributed by atoms with Gasteiger partial charge in [-0.3, -0.25) is 4.90 Å². The molecule has 0 aromatic heterocycles. The Balaban J connectivity index is 1.59. The normalized spacial score (nSPS) is 38.0. The molecule has 1 aliphatic heterocycles. The molecule has 2 aliphatic carbocycles. The van der Waals surface area contributed by atoms with Crippen LogP contribution < -0.4 is 5.32 Å². The molecule has 1 saturated heterocycles. The first-order chi connectivity index (χ1) is 8.84. The van der Waals surface area contributed by atoms with Crippen LogP contribution in [0.5, 0.6) is 0 Å². The number of rotatable bonds is 4. The maximum absolute atomic E-state index is 3.59. The molecule has 1 N–H and O–H groups in total. The molecule has 2 nitrogen and oxygen atoms in total. The van der Waals surface area contributed by atoms with Crippen LogP contribution >= 0.6 is 0 Å². The average Bonchev–Trinajstić information content (AvgIpc) is 3.23. The van der Waals surface area contributed by atoms with Crippen molar-refractivity contribution in [1.29, 1.82) is 0 Å². The Morgan fingerprint density at radius 2 is 1.83 bits per heavy atom. The molecule has 0 radical (unpaired) electrons. The largest absolute Gasteiger partial charge is 0.316 e. The van der Waals surface area contributed by atoms with Gasteiger partial charge in [-0.05, 0) is 63.5 Å². The summed E-state index contributed by atoms with van der Waals surface area (Å²) in [6.45, 7) is 6.40. The second kappa shape index (κ2) is 5.92. The molecule has 0 aromatic carbocycles. The average molecular weight is 250 g/mol. The van der Waals surface area contributed by atoms with Crippen molar-refractivity contribution in [3.63, 3.8) is 0 Å². The summed E-state index contributed by atoms with van der Waals surface area (Å²) in [7, 11) is 0. The minimum Gasteiger partial charge on any atom is -0.316 e. The summed E-state index contributed by atoms with van der Waals surface area (Å²) >= 11 is 0. The number of hydrogen-bond acceptors (Lipinski definition) is 2. The molecular formula is C16H30N2. The molecule has 3 aliphatic rings. The fourth-order valence-electron chi connectivity index (χ4n) is 4.13. The van der Waals surface area contributed by atoms with Gasteiger partial charge in [-0.25, -0.2) is 0 Å². The summed E-state index contributed by atoms with van der Waals surface area (Å²) < 4.78 is 0. The number of piperidine rings is 1. The van der Waals surface area contributed by atoms with Crippen LogP contribution in [-0.4, -0.2) is 36.6 Å². The molecule has 1 heterocycles. The predicted molar refractivity (Wildman–Crippen MR) is 76.7 cm³/mol. The van der Waals surface area contributed by atoms with Crippen LogP contribution in [0.1, 0.15) is 58.3 Å². The van der Waals surface area contributed by atoms with Crippen LogP contribution in [0.15, 0.2) is 0 Å². The van der Waals surface area contributed by atoms with Gasteiger partial charge in [0.15, 0.2) is 0 Å². The van der Waals surface area contributed by atoms with Crippen LogP contribution in [0.4, 0.5) is 0 Å². The molecule has 3 unspecified atom stereocenters. The van der Waals surface area contributed by atoms with Gasteiger partial charge in [0.1, 0.15) is 0 Å². The standard InChI is InChI=1S/C16H30N2/c1-13-5-2-3-7-16(13)18(15-8-9-15)12-14-6-4-10-17-11-14/h13-17H,2-12H2,1H3. The summed E-state index contributed by atoms with van der Waals surface area (Å²) in [5.74, 6) is 1.87. The topological polar surface area (TPSA) is 15.3 Å². The van der Waals surface area contributed by atoms with E-state index in [1.165, 1.54) is 71.0 Å². The molecule has 3 fully saturated rings. The first-order valence-electron chi connectivity index (χ1n) is 8.31. The van der Waals surface area contributed by atoms with Gasteiger partial charge in [-0.15, -0.1) is 0 Å². The van der Waals surface area contributed by atoms with Crippen LogP contribution in [0, 0.1) is 11.8 Å². The lowest BCUT2D eigenvalue weighted by Crippen LogP contribution is -2.47. The highest BCUT2D eigenvalue weighted by atomic mass is 15.2. The van der Waals surface area contributed by atoms with E-state index in [-0.39, 0.29) is 0 Å². The van der Waals surface area contributed by atoms with Gasteiger partial charge >= 0.3 is 0 Å². The molecule has 0 bridgehead atoms. The molecule has 0 spiro atoms. The van der Waals surface area contributed by atoms with Crippen LogP contribution in [0.3, 0.4) is 0 Å². The van der Waals surface area contributed by atoms with Crippen molar-refractivity contribution in [1.82, 2.24) is 10.2 Å². The Hall–Kier alpha value is -0.0800. The van der Waals surface area contributed by atoms with Crippen molar-refractivity contribution in [3.05, 3.63) is 0 Å². The van der Waals surface area contributed by atoms with Gasteiger partial charge in [-0.1, -0.05) is 19.8 Å². The molecule has 2 saturated carbocycles. The lowest BCUT2D eigenvalue weighted by atomic mass is 9.84. The maximum atomic E-state index is 3.59. The number of nitrogens with zero attached hydrogens (tertiary/aromatic N) is 1. The third-order valence-electron chi connectivity index (χ3n) is 5.38. The van der Waals surface area contributed by atoms with E-state index in [0.29, 0.717) is 0 Å². The first-order valence-corrected chi connectivity index (χ1v) is 8.31. The highest BCUT2D eigenvalue weighted by Gasteiger charge is 2.38. The maximum Gasteiger partial charge on any atom is 0.0124 e. The predicted octanol–water partition coefficient (Wildman–Crippen LogP) is 3.03. The Morgan fingerprint density at radius 3 is 2.50 bits per heavy atom. The number of hydrogen-bond donors (Lipinski definition) is 1. The van der Waals surface area contributed by atoms with E-state index in [1.54, 1.807) is 0 Å². The van der Waals surface area contributed by atoms with Crippen LogP contribution in [0.25, 0.3) is 0 Å². The third-order valence-corrected chi connectivity index (χ3v) is 5.38. The Labute approximate surface area is 113 Å². The Kier molecular flexibility index (Phi) is 4.25. The second-order valence-corrected chi connectivity index (χ2v) is 6.97. The van der Waals surface area contributed by atoms with E-state index >= 15 is 0 Å². The van der Waals surface area contributed by atoms with Gasteiger partial charge < -0.3 is 5.32 Å². The zero-order valence-corrected chi connectivity index (χ0v) is 12.0. The van der Waals surface area contributed by atoms with Gasteiger partial charge in [0.25, 0.3) is 0 Å². The van der Waals surface area contributed by atoms with E-state index in [2.05, 4.69) is 17.1 Å². The fourth-order valence-corrected chi connectivity index (χ4v) is 4.13. The van der Waals surface area contributed by atoms with Crippen LogP contribution in [0.2, 0.25) is 0 Å². The van der Waals surface area contributed by atoms with Gasteiger partial charge in [0.2, 0.25) is 0 Å². The van der Waals surface area contributed by atoms with Gasteiger partial charge in [-0.2, -0.15) is 0 Å². The van der Waals surface area contributed by atoms with Crippen molar-refractivity contribution < 1.29 is 0 Å². The Morgan fingerprint density at radius 1 is 1.00 bits per heavy atom. The Bertz CT molecular complexity index is 256. The quantitative estimate of drug-likeness (QED) is 0.825. The zero-order valence-electron chi connectivity index (χ0n) is 12.0. The lowest BCUT2D eigenvalue weighted by Gasteiger charge is -2.41. The minimum absolute atomic E-state index is 0.910. The molecule has 18 heavy (non-hydrogen) atoms. The zero-order chi connectivity index (χ0) is 12.4. The third kappa shape index (κ3) is 3.08. The van der Waals surface area contributed by atoms with E-state index in [4.69, 9.17) is 0 Å². The first kappa shape index (κ1) is 12.9. The SMILES string of the molecule is CC1CCCCC1N(CC1CCCNC1)C1CC1. The number of nitrogens with one attached hydrogen (secondary N) is 1. The summed E-state index contributed by atoms with van der Waals surface area (Å²) in [6.07, 6.45) is 11.7. The highest BCUT2D eigenvalue weighted by molar-refractivity contribution is 4.93. The molecule has 3 atom stereocenters. The van der Waals surface area contributed by atoms with Crippen molar-refractivity contribution in [2.45, 2.75) is 70.4 Å². The van der Waals surface area contributed by atoms with E-state index in [0.717, 1.165) is 23.9 Å². The summed E-state index contributed by atoms with van der Waals surface area (Å²) in [4.78, 5) is 2.93. The molecule has 3 rings (SSSR count). The summed E-state index contributed by atoms with van der Waals surface area (Å²) in [5, 5.41) is 3.59. The minimum atomic E-state index is 0.910. The molecule has 0 amide bonds.